The van der Waals surface area contributed by atoms with Crippen LogP contribution in [0.1, 0.15) is 19.3 Å². The normalized spacial score (nSPS) is 28.1. The number of hydrogen-bond acceptors (Lipinski definition) is 5. The van der Waals surface area contributed by atoms with Gasteiger partial charge >= 0.3 is 5.97 Å². The number of nitrogens with zero attached hydrogens (tertiary/aromatic N) is 1. The van der Waals surface area contributed by atoms with E-state index in [0.29, 0.717) is 6.42 Å². The van der Waals surface area contributed by atoms with Crippen LogP contribution >= 0.6 is 0 Å². The largest absolute Gasteiger partial charge is 0.480 e. The highest BCUT2D eigenvalue weighted by Crippen LogP contribution is 2.20. The minimum absolute atomic E-state index is 0.0436. The fourth-order valence-corrected chi connectivity index (χ4v) is 4.28. The highest BCUT2D eigenvalue weighted by Gasteiger charge is 2.39. The summed E-state index contributed by atoms with van der Waals surface area (Å²) in [6, 6.07) is -1.37. The maximum absolute atomic E-state index is 12.3. The average molecular weight is 304 g/mol. The molecule has 112 valence electrons. The third-order valence-electron chi connectivity index (χ3n) is 3.53. The topological polar surface area (TPSA) is 121 Å². The van der Waals surface area contributed by atoms with Crippen molar-refractivity contribution in [3.05, 3.63) is 0 Å². The van der Waals surface area contributed by atoms with E-state index >= 15 is 0 Å². The first-order chi connectivity index (χ1) is 9.28. The highest BCUT2D eigenvalue weighted by atomic mass is 32.2. The lowest BCUT2D eigenvalue weighted by Crippen LogP contribution is -2.51. The van der Waals surface area contributed by atoms with Gasteiger partial charge < -0.3 is 15.3 Å². The molecule has 0 aromatic carbocycles. The lowest BCUT2D eigenvalue weighted by atomic mass is 10.1. The summed E-state index contributed by atoms with van der Waals surface area (Å²) in [6.45, 7) is -0.550. The van der Waals surface area contributed by atoms with Gasteiger partial charge in [-0.25, -0.2) is 8.42 Å². The van der Waals surface area contributed by atoms with Crippen LogP contribution in [0, 0.1) is 0 Å². The van der Waals surface area contributed by atoms with Crippen LogP contribution in [0.4, 0.5) is 0 Å². The lowest BCUT2D eigenvalue weighted by molar-refractivity contribution is -0.146. The number of nitrogens with one attached hydrogen (secondary N) is 1. The monoisotopic (exact) mass is 304 g/mol. The molecule has 0 saturated carbocycles. The Morgan fingerprint density at radius 2 is 2.05 bits per heavy atom. The number of amides is 2. The number of sulfone groups is 1. The van der Waals surface area contributed by atoms with E-state index in [0.717, 1.165) is 4.90 Å². The number of carboxylic acids is 1. The summed E-state index contributed by atoms with van der Waals surface area (Å²) in [4.78, 5) is 35.4. The van der Waals surface area contributed by atoms with Gasteiger partial charge in [0.15, 0.2) is 9.84 Å². The molecule has 0 aromatic heterocycles. The molecule has 2 rings (SSSR count). The molecular formula is C11H16N2O6S. The zero-order chi connectivity index (χ0) is 14.9. The fraction of sp³-hybridized carbons (Fsp3) is 0.727. The first-order valence-corrected chi connectivity index (χ1v) is 8.13. The molecule has 2 N–H and O–H groups in total. The van der Waals surface area contributed by atoms with Gasteiger partial charge in [0.2, 0.25) is 11.8 Å². The molecule has 0 radical (unpaired) electrons. The van der Waals surface area contributed by atoms with Gasteiger partial charge in [-0.1, -0.05) is 0 Å². The second kappa shape index (κ2) is 5.39. The lowest BCUT2D eigenvalue weighted by Gasteiger charge is -2.28. The van der Waals surface area contributed by atoms with Gasteiger partial charge in [-0.2, -0.15) is 0 Å². The standard InChI is InChI=1S/C11H16N2O6S/c14-9-2-1-8(12-9)11(17)13(5-10(15)16)7-3-4-20(18,19)6-7/h7-8H,1-6H2,(H,12,14)(H,15,16). The van der Waals surface area contributed by atoms with Crippen molar-refractivity contribution in [1.29, 1.82) is 0 Å². The van der Waals surface area contributed by atoms with Crippen LogP contribution in [-0.2, 0) is 24.2 Å². The molecule has 2 amide bonds. The molecule has 2 heterocycles. The average Bonchev–Trinajstić information content (AvgIpc) is 2.91. The Bertz CT molecular complexity index is 543. The molecule has 0 bridgehead atoms. The van der Waals surface area contributed by atoms with E-state index in [2.05, 4.69) is 5.32 Å². The Morgan fingerprint density at radius 3 is 2.50 bits per heavy atom. The van der Waals surface area contributed by atoms with Gasteiger partial charge in [0.25, 0.3) is 0 Å². The van der Waals surface area contributed by atoms with Crippen LogP contribution in [0.5, 0.6) is 0 Å². The van der Waals surface area contributed by atoms with Gasteiger partial charge in [0.05, 0.1) is 11.5 Å². The van der Waals surface area contributed by atoms with Crippen molar-refractivity contribution in [2.75, 3.05) is 18.1 Å². The van der Waals surface area contributed by atoms with Crippen LogP contribution in [0.3, 0.4) is 0 Å². The summed E-state index contributed by atoms with van der Waals surface area (Å²) in [5, 5.41) is 11.4. The van der Waals surface area contributed by atoms with Crippen molar-refractivity contribution >= 4 is 27.6 Å². The fourth-order valence-electron chi connectivity index (χ4n) is 2.55. The molecule has 8 nitrogen and oxygen atoms in total. The maximum atomic E-state index is 12.3. The van der Waals surface area contributed by atoms with E-state index < -0.39 is 40.3 Å². The molecule has 2 aliphatic heterocycles. The first-order valence-electron chi connectivity index (χ1n) is 6.30. The van der Waals surface area contributed by atoms with Crippen LogP contribution in [-0.4, -0.2) is 66.3 Å². The SMILES string of the molecule is O=C(O)CN(C(=O)C1CCC(=O)N1)C1CCS(=O)(=O)C1. The Morgan fingerprint density at radius 1 is 1.35 bits per heavy atom. The molecule has 20 heavy (non-hydrogen) atoms. The highest BCUT2D eigenvalue weighted by molar-refractivity contribution is 7.91. The van der Waals surface area contributed by atoms with Crippen molar-refractivity contribution in [2.24, 2.45) is 0 Å². The molecule has 2 unspecified atom stereocenters. The van der Waals surface area contributed by atoms with E-state index in [1.54, 1.807) is 0 Å². The van der Waals surface area contributed by atoms with E-state index in [4.69, 9.17) is 5.11 Å². The molecule has 2 fully saturated rings. The van der Waals surface area contributed by atoms with E-state index in [9.17, 15) is 22.8 Å². The Labute approximate surface area is 116 Å². The molecule has 0 aromatic rings. The summed E-state index contributed by atoms with van der Waals surface area (Å²) in [7, 11) is -3.22. The van der Waals surface area contributed by atoms with Gasteiger partial charge in [-0.15, -0.1) is 0 Å². The van der Waals surface area contributed by atoms with Crippen molar-refractivity contribution in [3.63, 3.8) is 0 Å². The van der Waals surface area contributed by atoms with E-state index in [1.165, 1.54) is 0 Å². The Kier molecular flexibility index (Phi) is 3.98. The number of aliphatic carboxylic acids is 1. The van der Waals surface area contributed by atoms with Gasteiger partial charge in [0.1, 0.15) is 12.6 Å². The van der Waals surface area contributed by atoms with Crippen molar-refractivity contribution < 1.29 is 27.9 Å². The number of rotatable bonds is 4. The molecule has 9 heteroatoms. The maximum Gasteiger partial charge on any atom is 0.323 e. The molecule has 2 saturated heterocycles. The number of carbonyl (C=O) groups excluding carboxylic acids is 2. The van der Waals surface area contributed by atoms with Crippen LogP contribution in [0.25, 0.3) is 0 Å². The third-order valence-corrected chi connectivity index (χ3v) is 5.28. The van der Waals surface area contributed by atoms with Crippen molar-refractivity contribution in [3.8, 4) is 0 Å². The van der Waals surface area contributed by atoms with Crippen molar-refractivity contribution in [2.45, 2.75) is 31.3 Å². The summed E-state index contributed by atoms with van der Waals surface area (Å²) >= 11 is 0. The quantitative estimate of drug-likeness (QED) is 0.643. The van der Waals surface area contributed by atoms with E-state index in [1.807, 2.05) is 0 Å². The number of hydrogen-bond donors (Lipinski definition) is 2. The van der Waals surface area contributed by atoms with Gasteiger partial charge in [0, 0.05) is 12.5 Å². The zero-order valence-corrected chi connectivity index (χ0v) is 11.6. The second-order valence-corrected chi connectivity index (χ2v) is 7.30. The molecule has 0 aliphatic carbocycles. The second-order valence-electron chi connectivity index (χ2n) is 5.08. The van der Waals surface area contributed by atoms with Gasteiger partial charge in [-0.05, 0) is 12.8 Å². The minimum Gasteiger partial charge on any atom is -0.480 e. The minimum atomic E-state index is -3.22. The molecule has 2 aliphatic rings. The zero-order valence-electron chi connectivity index (χ0n) is 10.7. The number of carbonyl (C=O) groups is 3. The summed E-state index contributed by atoms with van der Waals surface area (Å²) in [5.74, 6) is -2.23. The summed E-state index contributed by atoms with van der Waals surface area (Å²) in [6.07, 6.45) is 0.773. The van der Waals surface area contributed by atoms with E-state index in [-0.39, 0.29) is 30.3 Å². The predicted molar refractivity (Wildman–Crippen MR) is 67.6 cm³/mol. The Hall–Kier alpha value is -1.64. The van der Waals surface area contributed by atoms with Crippen molar-refractivity contribution in [1.82, 2.24) is 10.2 Å². The third kappa shape index (κ3) is 3.27. The Balaban J connectivity index is 2.13. The predicted octanol–water partition coefficient (Wildman–Crippen LogP) is -1.63. The molecular weight excluding hydrogens is 288 g/mol. The van der Waals surface area contributed by atoms with Crippen LogP contribution < -0.4 is 5.32 Å². The summed E-state index contributed by atoms with van der Waals surface area (Å²) in [5.41, 5.74) is 0. The molecule has 2 atom stereocenters. The van der Waals surface area contributed by atoms with Gasteiger partial charge in [-0.3, -0.25) is 14.4 Å². The summed E-state index contributed by atoms with van der Waals surface area (Å²) < 4.78 is 22.9. The molecule has 0 spiro atoms. The smallest absolute Gasteiger partial charge is 0.323 e. The number of carboxylic acid groups (broad SMARTS) is 1. The van der Waals surface area contributed by atoms with Crippen LogP contribution in [0.15, 0.2) is 0 Å². The van der Waals surface area contributed by atoms with Crippen LogP contribution in [0.2, 0.25) is 0 Å². The first kappa shape index (κ1) is 14.8.